The second kappa shape index (κ2) is 3.72. The number of alkyl halides is 1. The van der Waals surface area contributed by atoms with Crippen LogP contribution in [0.25, 0.3) is 0 Å². The monoisotopic (exact) mass is 173 g/mol. The molecule has 0 aliphatic heterocycles. The van der Waals surface area contributed by atoms with E-state index in [1.165, 1.54) is 0 Å². The van der Waals surface area contributed by atoms with Gasteiger partial charge in [-0.25, -0.2) is 9.67 Å². The predicted molar refractivity (Wildman–Crippen MR) is 44.6 cm³/mol. The van der Waals surface area contributed by atoms with Crippen molar-refractivity contribution < 1.29 is 0 Å². The summed E-state index contributed by atoms with van der Waals surface area (Å²) in [6.45, 7) is 4.89. The molecule has 1 aromatic rings. The summed E-state index contributed by atoms with van der Waals surface area (Å²) in [7, 11) is 0. The number of hydrogen-bond acceptors (Lipinski definition) is 2. The standard InChI is InChI=1S/C7H12ClN3/c1-3-6(8)7-9-5-10-11(7)4-2/h5-6H,3-4H2,1-2H3. The van der Waals surface area contributed by atoms with E-state index >= 15 is 0 Å². The maximum atomic E-state index is 5.99. The summed E-state index contributed by atoms with van der Waals surface area (Å²) in [5.41, 5.74) is 0. The highest BCUT2D eigenvalue weighted by Crippen LogP contribution is 2.20. The van der Waals surface area contributed by atoms with Gasteiger partial charge in [0.1, 0.15) is 12.2 Å². The molecule has 4 heteroatoms. The fourth-order valence-electron chi connectivity index (χ4n) is 0.942. The summed E-state index contributed by atoms with van der Waals surface area (Å²) in [6, 6.07) is 0. The molecule has 0 aromatic carbocycles. The highest BCUT2D eigenvalue weighted by Gasteiger charge is 2.11. The molecule has 0 amide bonds. The molecular formula is C7H12ClN3. The topological polar surface area (TPSA) is 30.7 Å². The Labute approximate surface area is 71.4 Å². The van der Waals surface area contributed by atoms with Crippen molar-refractivity contribution in [1.82, 2.24) is 14.8 Å². The van der Waals surface area contributed by atoms with Crippen LogP contribution in [0.3, 0.4) is 0 Å². The van der Waals surface area contributed by atoms with Crippen molar-refractivity contribution in [3.05, 3.63) is 12.2 Å². The molecule has 1 rings (SSSR count). The van der Waals surface area contributed by atoms with Crippen LogP contribution in [-0.4, -0.2) is 14.8 Å². The van der Waals surface area contributed by atoms with Gasteiger partial charge < -0.3 is 0 Å². The summed E-state index contributed by atoms with van der Waals surface area (Å²) in [6.07, 6.45) is 2.43. The lowest BCUT2D eigenvalue weighted by molar-refractivity contribution is 0.602. The van der Waals surface area contributed by atoms with E-state index in [1.54, 1.807) is 6.33 Å². The van der Waals surface area contributed by atoms with Crippen LogP contribution in [0.15, 0.2) is 6.33 Å². The first-order chi connectivity index (χ1) is 5.29. The summed E-state index contributed by atoms with van der Waals surface area (Å²) in [5.74, 6) is 0.872. The summed E-state index contributed by atoms with van der Waals surface area (Å²) >= 11 is 5.99. The first-order valence-electron chi connectivity index (χ1n) is 3.81. The molecule has 1 heterocycles. The molecule has 3 nitrogen and oxygen atoms in total. The average molecular weight is 174 g/mol. The molecule has 1 unspecified atom stereocenters. The van der Waals surface area contributed by atoms with Gasteiger partial charge in [-0.3, -0.25) is 0 Å². The fourth-order valence-corrected chi connectivity index (χ4v) is 1.11. The zero-order valence-corrected chi connectivity index (χ0v) is 7.54. The molecule has 0 bridgehead atoms. The SMILES string of the molecule is CCC(Cl)c1ncnn1CC. The van der Waals surface area contributed by atoms with Crippen LogP contribution >= 0.6 is 11.6 Å². The van der Waals surface area contributed by atoms with Crippen molar-refractivity contribution in [1.29, 1.82) is 0 Å². The van der Waals surface area contributed by atoms with E-state index in [-0.39, 0.29) is 5.38 Å². The van der Waals surface area contributed by atoms with Gasteiger partial charge in [-0.05, 0) is 13.3 Å². The molecule has 0 saturated carbocycles. The first-order valence-corrected chi connectivity index (χ1v) is 4.25. The van der Waals surface area contributed by atoms with Crippen LogP contribution in [0.1, 0.15) is 31.5 Å². The van der Waals surface area contributed by atoms with Gasteiger partial charge in [0.05, 0.1) is 5.38 Å². The van der Waals surface area contributed by atoms with Gasteiger partial charge in [0.2, 0.25) is 0 Å². The Kier molecular flexibility index (Phi) is 2.88. The quantitative estimate of drug-likeness (QED) is 0.655. The number of nitrogens with zero attached hydrogens (tertiary/aromatic N) is 3. The number of hydrogen-bond donors (Lipinski definition) is 0. The van der Waals surface area contributed by atoms with Gasteiger partial charge in [-0.2, -0.15) is 5.10 Å². The van der Waals surface area contributed by atoms with Gasteiger partial charge in [0.25, 0.3) is 0 Å². The van der Waals surface area contributed by atoms with Gasteiger partial charge in [-0.15, -0.1) is 11.6 Å². The average Bonchev–Trinajstić information content (AvgIpc) is 2.50. The van der Waals surface area contributed by atoms with E-state index < -0.39 is 0 Å². The third-order valence-corrected chi connectivity index (χ3v) is 2.09. The lowest BCUT2D eigenvalue weighted by atomic mass is 10.3. The molecule has 0 radical (unpaired) electrons. The highest BCUT2D eigenvalue weighted by molar-refractivity contribution is 6.20. The van der Waals surface area contributed by atoms with Crippen LogP contribution in [0.5, 0.6) is 0 Å². The van der Waals surface area contributed by atoms with Crippen molar-refractivity contribution in [2.75, 3.05) is 0 Å². The second-order valence-electron chi connectivity index (χ2n) is 2.31. The van der Waals surface area contributed by atoms with Gasteiger partial charge in [-0.1, -0.05) is 6.92 Å². The van der Waals surface area contributed by atoms with Crippen LogP contribution in [0.2, 0.25) is 0 Å². The minimum absolute atomic E-state index is 0.00236. The van der Waals surface area contributed by atoms with Gasteiger partial charge in [0, 0.05) is 6.54 Å². The molecule has 1 atom stereocenters. The second-order valence-corrected chi connectivity index (χ2v) is 2.84. The molecule has 0 spiro atoms. The Morgan fingerprint density at radius 3 is 2.91 bits per heavy atom. The largest absolute Gasteiger partial charge is 0.249 e. The number of aryl methyl sites for hydroxylation is 1. The smallest absolute Gasteiger partial charge is 0.144 e. The van der Waals surface area contributed by atoms with Crippen molar-refractivity contribution in [2.45, 2.75) is 32.2 Å². The number of halogens is 1. The summed E-state index contributed by atoms with van der Waals surface area (Å²) < 4.78 is 1.82. The number of aromatic nitrogens is 3. The van der Waals surface area contributed by atoms with E-state index in [0.717, 1.165) is 18.8 Å². The highest BCUT2D eigenvalue weighted by atomic mass is 35.5. The molecule has 11 heavy (non-hydrogen) atoms. The predicted octanol–water partition coefficient (Wildman–Crippen LogP) is 1.99. The van der Waals surface area contributed by atoms with Crippen LogP contribution < -0.4 is 0 Å². The maximum Gasteiger partial charge on any atom is 0.144 e. The first kappa shape index (κ1) is 8.53. The Balaban J connectivity index is 2.83. The molecule has 1 aromatic heterocycles. The Morgan fingerprint density at radius 2 is 2.36 bits per heavy atom. The molecule has 0 aliphatic rings. The van der Waals surface area contributed by atoms with Crippen molar-refractivity contribution in [3.8, 4) is 0 Å². The Bertz CT molecular complexity index is 221. The Hall–Kier alpha value is -0.570. The van der Waals surface area contributed by atoms with Crippen molar-refractivity contribution in [3.63, 3.8) is 0 Å². The van der Waals surface area contributed by atoms with Gasteiger partial charge >= 0.3 is 0 Å². The van der Waals surface area contributed by atoms with Crippen molar-refractivity contribution in [2.24, 2.45) is 0 Å². The molecule has 0 fully saturated rings. The van der Waals surface area contributed by atoms with Crippen LogP contribution in [0.4, 0.5) is 0 Å². The third-order valence-electron chi connectivity index (χ3n) is 1.58. The molecule has 0 aliphatic carbocycles. The van der Waals surface area contributed by atoms with Crippen LogP contribution in [-0.2, 0) is 6.54 Å². The molecule has 0 saturated heterocycles. The normalized spacial score (nSPS) is 13.4. The minimum atomic E-state index is -0.00236. The Morgan fingerprint density at radius 1 is 1.64 bits per heavy atom. The molecule has 0 N–H and O–H groups in total. The zero-order chi connectivity index (χ0) is 8.27. The lowest BCUT2D eigenvalue weighted by Gasteiger charge is -2.05. The molecule has 62 valence electrons. The van der Waals surface area contributed by atoms with E-state index in [4.69, 9.17) is 11.6 Å². The summed E-state index contributed by atoms with van der Waals surface area (Å²) in [4.78, 5) is 4.08. The maximum absolute atomic E-state index is 5.99. The van der Waals surface area contributed by atoms with Gasteiger partial charge in [0.15, 0.2) is 0 Å². The van der Waals surface area contributed by atoms with Crippen molar-refractivity contribution >= 4 is 11.6 Å². The van der Waals surface area contributed by atoms with E-state index in [9.17, 15) is 0 Å². The van der Waals surface area contributed by atoms with E-state index in [2.05, 4.69) is 10.1 Å². The number of rotatable bonds is 3. The van der Waals surface area contributed by atoms with Crippen LogP contribution in [0, 0.1) is 0 Å². The van der Waals surface area contributed by atoms with E-state index in [1.807, 2.05) is 18.5 Å². The zero-order valence-electron chi connectivity index (χ0n) is 6.79. The molecular weight excluding hydrogens is 162 g/mol. The fraction of sp³-hybridized carbons (Fsp3) is 0.714. The van der Waals surface area contributed by atoms with E-state index in [0.29, 0.717) is 0 Å². The minimum Gasteiger partial charge on any atom is -0.249 e. The third kappa shape index (κ3) is 1.71. The lowest BCUT2D eigenvalue weighted by Crippen LogP contribution is -2.05. The summed E-state index contributed by atoms with van der Waals surface area (Å²) in [5, 5.41) is 4.02.